The topological polar surface area (TPSA) is 58.5 Å². The standard InChI is InChI=1S/C18H23F3N4OS/c1-11-5-6-14(15(7-11)26-10-18(19,20)21)8-23-17(22-4)24-9-16-12(2)25-13(3)27-16/h5-7H,8-10H2,1-4H3,(H2,22,23,24). The molecule has 1 heterocycles. The third-order valence-electron chi connectivity index (χ3n) is 3.70. The molecule has 0 fully saturated rings. The van der Waals surface area contributed by atoms with E-state index in [1.54, 1.807) is 37.4 Å². The first kappa shape index (κ1) is 21.0. The maximum absolute atomic E-state index is 12.5. The Labute approximate surface area is 160 Å². The summed E-state index contributed by atoms with van der Waals surface area (Å²) in [5.41, 5.74) is 2.42. The molecule has 9 heteroatoms. The van der Waals surface area contributed by atoms with Crippen LogP contribution in [0.25, 0.3) is 0 Å². The molecule has 2 aromatic rings. The highest BCUT2D eigenvalue weighted by molar-refractivity contribution is 7.11. The summed E-state index contributed by atoms with van der Waals surface area (Å²) < 4.78 is 42.4. The molecule has 0 saturated heterocycles. The van der Waals surface area contributed by atoms with Gasteiger partial charge in [0.25, 0.3) is 0 Å². The fraction of sp³-hybridized carbons (Fsp3) is 0.444. The number of hydrogen-bond donors (Lipinski definition) is 2. The summed E-state index contributed by atoms with van der Waals surface area (Å²) >= 11 is 1.61. The minimum Gasteiger partial charge on any atom is -0.484 e. The lowest BCUT2D eigenvalue weighted by atomic mass is 10.1. The van der Waals surface area contributed by atoms with Crippen molar-refractivity contribution in [1.82, 2.24) is 15.6 Å². The van der Waals surface area contributed by atoms with Crippen LogP contribution in [-0.4, -0.2) is 30.8 Å². The van der Waals surface area contributed by atoms with Crippen molar-refractivity contribution in [2.24, 2.45) is 4.99 Å². The molecule has 1 aromatic heterocycles. The Morgan fingerprint density at radius 3 is 2.48 bits per heavy atom. The summed E-state index contributed by atoms with van der Waals surface area (Å²) in [5, 5.41) is 7.29. The smallest absolute Gasteiger partial charge is 0.422 e. The van der Waals surface area contributed by atoms with Crippen LogP contribution in [0.5, 0.6) is 5.75 Å². The first-order chi connectivity index (χ1) is 12.7. The van der Waals surface area contributed by atoms with Gasteiger partial charge in [-0.2, -0.15) is 13.2 Å². The zero-order valence-corrected chi connectivity index (χ0v) is 16.5. The van der Waals surface area contributed by atoms with Crippen LogP contribution < -0.4 is 15.4 Å². The summed E-state index contributed by atoms with van der Waals surface area (Å²) in [6.07, 6.45) is -4.38. The maximum atomic E-state index is 12.5. The van der Waals surface area contributed by atoms with Crippen LogP contribution in [0.1, 0.15) is 26.7 Å². The molecule has 0 unspecified atom stereocenters. The fourth-order valence-electron chi connectivity index (χ4n) is 2.40. The van der Waals surface area contributed by atoms with Crippen molar-refractivity contribution in [2.75, 3.05) is 13.7 Å². The van der Waals surface area contributed by atoms with E-state index < -0.39 is 12.8 Å². The molecule has 1 aromatic carbocycles. The molecule has 0 saturated carbocycles. The third-order valence-corrected chi connectivity index (χ3v) is 4.77. The monoisotopic (exact) mass is 400 g/mol. The highest BCUT2D eigenvalue weighted by atomic mass is 32.1. The molecule has 0 amide bonds. The van der Waals surface area contributed by atoms with Gasteiger partial charge in [0.05, 0.1) is 17.2 Å². The van der Waals surface area contributed by atoms with E-state index in [0.717, 1.165) is 21.1 Å². The second kappa shape index (κ2) is 9.07. The number of nitrogens with zero attached hydrogens (tertiary/aromatic N) is 2. The van der Waals surface area contributed by atoms with E-state index in [1.807, 2.05) is 19.9 Å². The normalized spacial score (nSPS) is 12.2. The average Bonchev–Trinajstić information content (AvgIpc) is 2.91. The number of aryl methyl sites for hydroxylation is 3. The summed E-state index contributed by atoms with van der Waals surface area (Å²) in [6.45, 7) is 5.25. The molecule has 27 heavy (non-hydrogen) atoms. The number of rotatable bonds is 6. The molecule has 0 aliphatic carbocycles. The van der Waals surface area contributed by atoms with Crippen LogP contribution in [0, 0.1) is 20.8 Å². The van der Waals surface area contributed by atoms with Gasteiger partial charge in [0.15, 0.2) is 12.6 Å². The zero-order chi connectivity index (χ0) is 20.0. The van der Waals surface area contributed by atoms with Crippen LogP contribution in [0.15, 0.2) is 23.2 Å². The Kier molecular flexibility index (Phi) is 7.06. The van der Waals surface area contributed by atoms with E-state index in [9.17, 15) is 13.2 Å². The van der Waals surface area contributed by atoms with Crippen LogP contribution in [0.3, 0.4) is 0 Å². The summed E-state index contributed by atoms with van der Waals surface area (Å²) in [4.78, 5) is 9.63. The van der Waals surface area contributed by atoms with Crippen molar-refractivity contribution in [3.8, 4) is 5.75 Å². The molecule has 0 radical (unpaired) electrons. The van der Waals surface area contributed by atoms with Gasteiger partial charge >= 0.3 is 6.18 Å². The largest absolute Gasteiger partial charge is 0.484 e. The van der Waals surface area contributed by atoms with Crippen molar-refractivity contribution in [3.05, 3.63) is 44.9 Å². The predicted octanol–water partition coefficient (Wildman–Crippen LogP) is 3.87. The number of benzene rings is 1. The Hall–Kier alpha value is -2.29. The number of thiazole rings is 1. The van der Waals surface area contributed by atoms with Gasteiger partial charge < -0.3 is 15.4 Å². The minimum absolute atomic E-state index is 0.212. The van der Waals surface area contributed by atoms with E-state index in [4.69, 9.17) is 4.74 Å². The van der Waals surface area contributed by atoms with E-state index >= 15 is 0 Å². The van der Waals surface area contributed by atoms with E-state index in [2.05, 4.69) is 20.6 Å². The molecule has 0 spiro atoms. The SMILES string of the molecule is CN=C(NCc1ccc(C)cc1OCC(F)(F)F)NCc1sc(C)nc1C. The molecule has 0 aliphatic heterocycles. The summed E-state index contributed by atoms with van der Waals surface area (Å²) in [5.74, 6) is 0.756. The second-order valence-corrected chi connectivity index (χ2v) is 7.32. The number of aliphatic imine (C=N–C) groups is 1. The lowest BCUT2D eigenvalue weighted by molar-refractivity contribution is -0.153. The predicted molar refractivity (Wildman–Crippen MR) is 101 cm³/mol. The highest BCUT2D eigenvalue weighted by Crippen LogP contribution is 2.23. The summed E-state index contributed by atoms with van der Waals surface area (Å²) in [6, 6.07) is 5.18. The quantitative estimate of drug-likeness (QED) is 0.571. The molecular formula is C18H23F3N4OS. The molecule has 5 nitrogen and oxygen atoms in total. The second-order valence-electron chi connectivity index (χ2n) is 6.04. The Morgan fingerprint density at radius 2 is 1.89 bits per heavy atom. The van der Waals surface area contributed by atoms with E-state index in [-0.39, 0.29) is 12.3 Å². The van der Waals surface area contributed by atoms with Crippen LogP contribution in [0.2, 0.25) is 0 Å². The fourth-order valence-corrected chi connectivity index (χ4v) is 3.28. The Bertz CT molecular complexity index is 802. The first-order valence-corrected chi connectivity index (χ1v) is 9.16. The maximum Gasteiger partial charge on any atom is 0.422 e. The van der Waals surface area contributed by atoms with Crippen LogP contribution in [0.4, 0.5) is 13.2 Å². The number of hydrogen-bond acceptors (Lipinski definition) is 4. The lowest BCUT2D eigenvalue weighted by Gasteiger charge is -2.16. The molecule has 0 atom stereocenters. The molecule has 0 aliphatic rings. The average molecular weight is 400 g/mol. The van der Waals surface area contributed by atoms with Crippen molar-refractivity contribution in [1.29, 1.82) is 0 Å². The number of alkyl halides is 3. The Balaban J connectivity index is 1.98. The number of guanidine groups is 1. The van der Waals surface area contributed by atoms with Gasteiger partial charge in [0.2, 0.25) is 0 Å². The van der Waals surface area contributed by atoms with Crippen molar-refractivity contribution in [3.63, 3.8) is 0 Å². The first-order valence-electron chi connectivity index (χ1n) is 8.34. The zero-order valence-electron chi connectivity index (χ0n) is 15.7. The molecule has 2 N–H and O–H groups in total. The number of nitrogens with one attached hydrogen (secondary N) is 2. The van der Waals surface area contributed by atoms with Gasteiger partial charge in [0.1, 0.15) is 5.75 Å². The van der Waals surface area contributed by atoms with Crippen molar-refractivity contribution < 1.29 is 17.9 Å². The lowest BCUT2D eigenvalue weighted by Crippen LogP contribution is -2.36. The van der Waals surface area contributed by atoms with E-state index in [0.29, 0.717) is 18.1 Å². The van der Waals surface area contributed by atoms with Gasteiger partial charge in [-0.25, -0.2) is 4.98 Å². The van der Waals surface area contributed by atoms with E-state index in [1.165, 1.54) is 0 Å². The number of halogens is 3. The minimum atomic E-state index is -4.38. The third kappa shape index (κ3) is 6.74. The molecule has 148 valence electrons. The van der Waals surface area contributed by atoms with Crippen LogP contribution >= 0.6 is 11.3 Å². The van der Waals surface area contributed by atoms with Crippen LogP contribution in [-0.2, 0) is 13.1 Å². The highest BCUT2D eigenvalue weighted by Gasteiger charge is 2.28. The van der Waals surface area contributed by atoms with Gasteiger partial charge in [-0.3, -0.25) is 4.99 Å². The molecular weight excluding hydrogens is 377 g/mol. The van der Waals surface area contributed by atoms with Gasteiger partial charge in [0, 0.05) is 24.0 Å². The summed E-state index contributed by atoms with van der Waals surface area (Å²) in [7, 11) is 1.64. The van der Waals surface area contributed by atoms with Gasteiger partial charge in [-0.05, 0) is 32.4 Å². The molecule has 2 rings (SSSR count). The van der Waals surface area contributed by atoms with Gasteiger partial charge in [-0.15, -0.1) is 11.3 Å². The van der Waals surface area contributed by atoms with Crippen molar-refractivity contribution >= 4 is 17.3 Å². The number of aromatic nitrogens is 1. The Morgan fingerprint density at radius 1 is 1.19 bits per heavy atom. The number of ether oxygens (including phenoxy) is 1. The molecule has 0 bridgehead atoms. The van der Waals surface area contributed by atoms with Crippen molar-refractivity contribution in [2.45, 2.75) is 40.0 Å². The van der Waals surface area contributed by atoms with Gasteiger partial charge in [-0.1, -0.05) is 12.1 Å².